The lowest BCUT2D eigenvalue weighted by molar-refractivity contribution is -0.113. The molecule has 0 amide bonds. The van der Waals surface area contributed by atoms with Crippen LogP contribution in [-0.2, 0) is 4.79 Å². The minimum absolute atomic E-state index is 0.197. The molecule has 2 aromatic rings. The molecule has 0 bridgehead atoms. The van der Waals surface area contributed by atoms with Gasteiger partial charge in [0.05, 0.1) is 0 Å². The third kappa shape index (κ3) is 5.17. The lowest BCUT2D eigenvalue weighted by Crippen LogP contribution is -2.19. The van der Waals surface area contributed by atoms with Crippen molar-refractivity contribution < 1.29 is 4.79 Å². The number of allylic oxidation sites excluding steroid dienone is 2. The highest BCUT2D eigenvalue weighted by molar-refractivity contribution is 6.14. The van der Waals surface area contributed by atoms with E-state index >= 15 is 0 Å². The van der Waals surface area contributed by atoms with E-state index in [2.05, 4.69) is 77.4 Å². The largest absolute Gasteiger partial charge is 0.378 e. The lowest BCUT2D eigenvalue weighted by atomic mass is 9.78. The predicted molar refractivity (Wildman–Crippen MR) is 126 cm³/mol. The zero-order chi connectivity index (χ0) is 21.0. The molecule has 3 rings (SSSR count). The van der Waals surface area contributed by atoms with Gasteiger partial charge in [0, 0.05) is 50.7 Å². The van der Waals surface area contributed by atoms with Gasteiger partial charge in [-0.05, 0) is 66.3 Å². The minimum atomic E-state index is 0.197. The maximum atomic E-state index is 13.2. The Morgan fingerprint density at radius 2 is 1.14 bits per heavy atom. The van der Waals surface area contributed by atoms with Crippen molar-refractivity contribution in [1.82, 2.24) is 0 Å². The fourth-order valence-corrected chi connectivity index (χ4v) is 3.76. The van der Waals surface area contributed by atoms with E-state index in [1.54, 1.807) is 0 Å². The molecule has 0 aliphatic heterocycles. The summed E-state index contributed by atoms with van der Waals surface area (Å²) in [6.07, 6.45) is 6.96. The third-order valence-corrected chi connectivity index (χ3v) is 5.68. The molecule has 3 nitrogen and oxygen atoms in total. The molecule has 0 spiro atoms. The summed E-state index contributed by atoms with van der Waals surface area (Å²) >= 11 is 0. The second-order valence-electron chi connectivity index (χ2n) is 8.32. The van der Waals surface area contributed by atoms with Crippen molar-refractivity contribution in [2.75, 3.05) is 38.0 Å². The number of hydrogen-bond donors (Lipinski definition) is 0. The molecule has 1 unspecified atom stereocenters. The molecule has 0 heterocycles. The third-order valence-electron chi connectivity index (χ3n) is 5.68. The molecule has 1 saturated carbocycles. The van der Waals surface area contributed by atoms with Crippen LogP contribution in [0.25, 0.3) is 12.2 Å². The van der Waals surface area contributed by atoms with Crippen LogP contribution in [0, 0.1) is 5.92 Å². The molecular weight excluding hydrogens is 356 g/mol. The number of anilines is 2. The Labute approximate surface area is 175 Å². The van der Waals surface area contributed by atoms with Crippen LogP contribution in [0.15, 0.2) is 59.7 Å². The highest BCUT2D eigenvalue weighted by Gasteiger charge is 2.26. The lowest BCUT2D eigenvalue weighted by Gasteiger charge is -2.25. The summed E-state index contributed by atoms with van der Waals surface area (Å²) in [5.74, 6) is 0.718. The fraction of sp³-hybridized carbons (Fsp3) is 0.346. The average Bonchev–Trinajstić information content (AvgIpc) is 2.71. The van der Waals surface area contributed by atoms with Crippen molar-refractivity contribution in [3.63, 3.8) is 0 Å². The molecule has 0 N–H and O–H groups in total. The molecule has 152 valence electrons. The monoisotopic (exact) mass is 388 g/mol. The van der Waals surface area contributed by atoms with E-state index in [4.69, 9.17) is 0 Å². The van der Waals surface area contributed by atoms with Crippen molar-refractivity contribution in [1.29, 1.82) is 0 Å². The van der Waals surface area contributed by atoms with E-state index < -0.39 is 0 Å². The van der Waals surface area contributed by atoms with Crippen molar-refractivity contribution >= 4 is 29.3 Å². The first kappa shape index (κ1) is 20.9. The number of hydrogen-bond acceptors (Lipinski definition) is 3. The summed E-state index contributed by atoms with van der Waals surface area (Å²) < 4.78 is 0. The molecular formula is C26H32N2O. The fourth-order valence-electron chi connectivity index (χ4n) is 3.76. The van der Waals surface area contributed by atoms with E-state index in [0.29, 0.717) is 5.92 Å². The number of carbonyl (C=O) groups is 1. The molecule has 1 atom stereocenters. The maximum absolute atomic E-state index is 13.2. The van der Waals surface area contributed by atoms with E-state index in [1.165, 1.54) is 0 Å². The van der Waals surface area contributed by atoms with Gasteiger partial charge in [-0.3, -0.25) is 4.79 Å². The van der Waals surface area contributed by atoms with Crippen molar-refractivity contribution in [3.05, 3.63) is 70.8 Å². The number of rotatable bonds is 5. The van der Waals surface area contributed by atoms with Crippen LogP contribution in [-0.4, -0.2) is 34.0 Å². The average molecular weight is 389 g/mol. The summed E-state index contributed by atoms with van der Waals surface area (Å²) in [5, 5.41) is 0. The smallest absolute Gasteiger partial charge is 0.185 e. The molecule has 0 saturated heterocycles. The zero-order valence-corrected chi connectivity index (χ0v) is 18.3. The van der Waals surface area contributed by atoms with Gasteiger partial charge in [-0.1, -0.05) is 37.6 Å². The standard InChI is InChI=1S/C26H32N2O/c1-6-19-15-22(17-20-7-11-24(12-8-20)27(2)3)26(29)23(16-19)18-21-9-13-25(14-10-21)28(4)5/h7-14,17-19H,6,15-16H2,1-5H3/b22-17-,23-18+. The SMILES string of the molecule is CCC1C/C(=C/c2ccc(N(C)C)cc2)C(=O)/C(=C/c2ccc(N(C)C)cc2)C1. The molecule has 1 fully saturated rings. The van der Waals surface area contributed by atoms with Crippen LogP contribution in [0.4, 0.5) is 11.4 Å². The van der Waals surface area contributed by atoms with Crippen molar-refractivity contribution in [3.8, 4) is 0 Å². The van der Waals surface area contributed by atoms with Gasteiger partial charge in [0.15, 0.2) is 5.78 Å². The number of Topliss-reactive ketones (excluding diaryl/α,β-unsaturated/α-hetero) is 1. The molecule has 2 aromatic carbocycles. The summed E-state index contributed by atoms with van der Waals surface area (Å²) in [6.45, 7) is 2.22. The van der Waals surface area contributed by atoms with Crippen LogP contribution < -0.4 is 9.80 Å². The Kier molecular flexibility index (Phi) is 6.58. The van der Waals surface area contributed by atoms with E-state index in [9.17, 15) is 4.79 Å². The van der Waals surface area contributed by atoms with Gasteiger partial charge < -0.3 is 9.80 Å². The first-order chi connectivity index (χ1) is 13.9. The zero-order valence-electron chi connectivity index (χ0n) is 18.3. The topological polar surface area (TPSA) is 23.6 Å². The summed E-state index contributed by atoms with van der Waals surface area (Å²) in [6, 6.07) is 16.8. The van der Waals surface area contributed by atoms with Crippen LogP contribution in [0.3, 0.4) is 0 Å². The van der Waals surface area contributed by atoms with Gasteiger partial charge in [-0.2, -0.15) is 0 Å². The van der Waals surface area contributed by atoms with Gasteiger partial charge in [-0.15, -0.1) is 0 Å². The highest BCUT2D eigenvalue weighted by Crippen LogP contribution is 2.34. The number of ketones is 1. The van der Waals surface area contributed by atoms with Crippen LogP contribution >= 0.6 is 0 Å². The first-order valence-corrected chi connectivity index (χ1v) is 10.4. The molecule has 1 aliphatic rings. The summed E-state index contributed by atoms with van der Waals surface area (Å²) in [7, 11) is 8.14. The Balaban J connectivity index is 1.88. The van der Waals surface area contributed by atoms with E-state index in [-0.39, 0.29) is 5.78 Å². The number of benzene rings is 2. The van der Waals surface area contributed by atoms with E-state index in [0.717, 1.165) is 52.9 Å². The minimum Gasteiger partial charge on any atom is -0.378 e. The Morgan fingerprint density at radius 3 is 1.45 bits per heavy atom. The quantitative estimate of drug-likeness (QED) is 0.616. The summed E-state index contributed by atoms with van der Waals surface area (Å²) in [4.78, 5) is 17.4. The summed E-state index contributed by atoms with van der Waals surface area (Å²) in [5.41, 5.74) is 6.36. The number of nitrogens with zero attached hydrogens (tertiary/aromatic N) is 2. The molecule has 0 radical (unpaired) electrons. The van der Waals surface area contributed by atoms with Gasteiger partial charge >= 0.3 is 0 Å². The highest BCUT2D eigenvalue weighted by atomic mass is 16.1. The maximum Gasteiger partial charge on any atom is 0.185 e. The number of carbonyl (C=O) groups excluding carboxylic acids is 1. The van der Waals surface area contributed by atoms with Gasteiger partial charge in [0.25, 0.3) is 0 Å². The Morgan fingerprint density at radius 1 is 0.759 bits per heavy atom. The van der Waals surface area contributed by atoms with Gasteiger partial charge in [0.2, 0.25) is 0 Å². The van der Waals surface area contributed by atoms with Gasteiger partial charge in [-0.25, -0.2) is 0 Å². The normalized spacial score (nSPS) is 19.6. The van der Waals surface area contributed by atoms with Crippen molar-refractivity contribution in [2.45, 2.75) is 26.2 Å². The Hall–Kier alpha value is -2.81. The van der Waals surface area contributed by atoms with Gasteiger partial charge in [0.1, 0.15) is 0 Å². The second kappa shape index (κ2) is 9.13. The van der Waals surface area contributed by atoms with Crippen LogP contribution in [0.2, 0.25) is 0 Å². The Bertz CT molecular complexity index is 829. The first-order valence-electron chi connectivity index (χ1n) is 10.4. The molecule has 1 aliphatic carbocycles. The molecule has 3 heteroatoms. The second-order valence-corrected chi connectivity index (χ2v) is 8.32. The van der Waals surface area contributed by atoms with Crippen molar-refractivity contribution in [2.24, 2.45) is 5.92 Å². The predicted octanol–water partition coefficient (Wildman–Crippen LogP) is 5.67. The molecule has 29 heavy (non-hydrogen) atoms. The van der Waals surface area contributed by atoms with E-state index in [1.807, 2.05) is 28.2 Å². The molecule has 0 aromatic heterocycles. The van der Waals surface area contributed by atoms with Crippen LogP contribution in [0.5, 0.6) is 0 Å². The van der Waals surface area contributed by atoms with Crippen LogP contribution in [0.1, 0.15) is 37.3 Å².